The lowest BCUT2D eigenvalue weighted by atomic mass is 9.85. The van der Waals surface area contributed by atoms with Crippen LogP contribution in [0.3, 0.4) is 0 Å². The number of carbonyl (C=O) groups is 1. The topological polar surface area (TPSA) is 110 Å². The van der Waals surface area contributed by atoms with Crippen LogP contribution in [0.1, 0.15) is 23.5 Å². The maximum atomic E-state index is 11.7. The monoisotopic (exact) mass is 301 g/mol. The van der Waals surface area contributed by atoms with Crippen LogP contribution in [-0.4, -0.2) is 21.1 Å². The minimum atomic E-state index is -0.512. The van der Waals surface area contributed by atoms with Crippen molar-refractivity contribution >= 4 is 11.7 Å². The van der Waals surface area contributed by atoms with Crippen LogP contribution in [0.15, 0.2) is 36.4 Å². The second kappa shape index (κ2) is 5.03. The van der Waals surface area contributed by atoms with Gasteiger partial charge in [-0.1, -0.05) is 12.1 Å². The lowest BCUT2D eigenvalue weighted by molar-refractivity contribution is -0.384. The quantitative estimate of drug-likeness (QED) is 0.381. The fourth-order valence-corrected chi connectivity index (χ4v) is 2.58. The van der Waals surface area contributed by atoms with Gasteiger partial charge >= 0.3 is 5.97 Å². The molecule has 0 saturated heterocycles. The molecular formula is C15H11NO6. The number of ether oxygens (including phenoxy) is 1. The summed E-state index contributed by atoms with van der Waals surface area (Å²) in [6.45, 7) is 0. The molecule has 2 aromatic carbocycles. The number of nitro groups is 1. The lowest BCUT2D eigenvalue weighted by Crippen LogP contribution is -2.21. The van der Waals surface area contributed by atoms with Crippen molar-refractivity contribution in [2.75, 3.05) is 0 Å². The Balaban J connectivity index is 2.09. The highest BCUT2D eigenvalue weighted by Crippen LogP contribution is 2.45. The summed E-state index contributed by atoms with van der Waals surface area (Å²) in [5.74, 6) is -1.30. The molecule has 112 valence electrons. The molecule has 1 heterocycles. The number of phenols is 2. The highest BCUT2D eigenvalue weighted by atomic mass is 16.6. The highest BCUT2D eigenvalue weighted by Gasteiger charge is 2.31. The van der Waals surface area contributed by atoms with Crippen LogP contribution in [0.4, 0.5) is 5.69 Å². The Hall–Kier alpha value is -3.09. The summed E-state index contributed by atoms with van der Waals surface area (Å²) in [5, 5.41) is 30.2. The van der Waals surface area contributed by atoms with Crippen molar-refractivity contribution in [2.45, 2.75) is 12.3 Å². The van der Waals surface area contributed by atoms with Gasteiger partial charge in [-0.3, -0.25) is 14.9 Å². The van der Waals surface area contributed by atoms with E-state index in [1.165, 1.54) is 30.3 Å². The van der Waals surface area contributed by atoms with Gasteiger partial charge in [0.2, 0.25) is 0 Å². The summed E-state index contributed by atoms with van der Waals surface area (Å²) in [7, 11) is 0. The second-order valence-corrected chi connectivity index (χ2v) is 4.96. The second-order valence-electron chi connectivity index (χ2n) is 4.96. The fourth-order valence-electron chi connectivity index (χ4n) is 2.58. The van der Waals surface area contributed by atoms with Gasteiger partial charge in [0.15, 0.2) is 0 Å². The average molecular weight is 301 g/mol. The van der Waals surface area contributed by atoms with Gasteiger partial charge in [-0.05, 0) is 5.56 Å². The standard InChI is InChI=1S/C15H11NO6/c17-10-5-12(18)15-11(7-14(19)22-13(15)6-10)8-1-3-9(4-2-8)16(20)21/h1-6,11,17-18H,7H2. The molecule has 1 atom stereocenters. The minimum absolute atomic E-state index is 0.00312. The van der Waals surface area contributed by atoms with Gasteiger partial charge in [-0.25, -0.2) is 0 Å². The van der Waals surface area contributed by atoms with Gasteiger partial charge in [0, 0.05) is 35.7 Å². The van der Waals surface area contributed by atoms with Crippen LogP contribution in [0.25, 0.3) is 0 Å². The number of aromatic hydroxyl groups is 2. The number of hydrogen-bond donors (Lipinski definition) is 2. The SMILES string of the molecule is O=C1CC(c2ccc([N+](=O)[O-])cc2)c2c(O)cc(O)cc2O1. The third-order valence-electron chi connectivity index (χ3n) is 3.55. The number of hydrogen-bond acceptors (Lipinski definition) is 6. The molecule has 2 aromatic rings. The molecule has 7 heteroatoms. The number of benzene rings is 2. The van der Waals surface area contributed by atoms with Crippen molar-refractivity contribution in [1.29, 1.82) is 0 Å². The van der Waals surface area contributed by atoms with E-state index in [0.29, 0.717) is 11.1 Å². The molecule has 0 saturated carbocycles. The molecular weight excluding hydrogens is 290 g/mol. The molecule has 2 N–H and O–H groups in total. The summed E-state index contributed by atoms with van der Waals surface area (Å²) >= 11 is 0. The zero-order valence-electron chi connectivity index (χ0n) is 11.2. The third-order valence-corrected chi connectivity index (χ3v) is 3.55. The number of esters is 1. The van der Waals surface area contributed by atoms with Gasteiger partial charge in [-0.2, -0.15) is 0 Å². The third kappa shape index (κ3) is 2.32. The average Bonchev–Trinajstić information content (AvgIpc) is 2.45. The summed E-state index contributed by atoms with van der Waals surface area (Å²) in [6, 6.07) is 8.18. The van der Waals surface area contributed by atoms with Crippen molar-refractivity contribution in [3.05, 3.63) is 57.6 Å². The Morgan fingerprint density at radius 3 is 2.50 bits per heavy atom. The molecule has 1 aliphatic heterocycles. The van der Waals surface area contributed by atoms with E-state index in [-0.39, 0.29) is 29.4 Å². The molecule has 0 aliphatic carbocycles. The van der Waals surface area contributed by atoms with Crippen molar-refractivity contribution in [3.8, 4) is 17.2 Å². The van der Waals surface area contributed by atoms with Crippen LogP contribution in [-0.2, 0) is 4.79 Å². The number of rotatable bonds is 2. The summed E-state index contributed by atoms with van der Waals surface area (Å²) in [5.41, 5.74) is 0.966. The zero-order chi connectivity index (χ0) is 15.9. The van der Waals surface area contributed by atoms with Gasteiger partial charge < -0.3 is 14.9 Å². The summed E-state index contributed by atoms with van der Waals surface area (Å²) < 4.78 is 5.04. The number of nitrogens with zero attached hydrogens (tertiary/aromatic N) is 1. The first kappa shape index (κ1) is 13.9. The van der Waals surface area contributed by atoms with E-state index >= 15 is 0 Å². The molecule has 3 rings (SSSR count). The molecule has 1 unspecified atom stereocenters. The summed E-state index contributed by atoms with van der Waals surface area (Å²) in [6.07, 6.45) is 0.00312. The smallest absolute Gasteiger partial charge is 0.312 e. The Morgan fingerprint density at radius 1 is 1.18 bits per heavy atom. The van der Waals surface area contributed by atoms with Gasteiger partial charge in [0.1, 0.15) is 17.2 Å². The number of nitro benzene ring substituents is 1. The molecule has 0 radical (unpaired) electrons. The molecule has 1 aliphatic rings. The Labute approximate surface area is 124 Å². The predicted octanol–water partition coefficient (Wildman–Crippen LogP) is 2.45. The van der Waals surface area contributed by atoms with Crippen molar-refractivity contribution in [3.63, 3.8) is 0 Å². The van der Waals surface area contributed by atoms with Crippen LogP contribution >= 0.6 is 0 Å². The van der Waals surface area contributed by atoms with Crippen LogP contribution < -0.4 is 4.74 Å². The first-order valence-corrected chi connectivity index (χ1v) is 6.46. The van der Waals surface area contributed by atoms with Gasteiger partial charge in [0.25, 0.3) is 5.69 Å². The minimum Gasteiger partial charge on any atom is -0.508 e. The van der Waals surface area contributed by atoms with E-state index in [1.807, 2.05) is 0 Å². The number of carbonyl (C=O) groups excluding carboxylic acids is 1. The maximum absolute atomic E-state index is 11.7. The van der Waals surface area contributed by atoms with E-state index in [1.54, 1.807) is 0 Å². The first-order valence-electron chi connectivity index (χ1n) is 6.46. The van der Waals surface area contributed by atoms with Crippen molar-refractivity contribution in [2.24, 2.45) is 0 Å². The van der Waals surface area contributed by atoms with Gasteiger partial charge in [0.05, 0.1) is 11.3 Å². The van der Waals surface area contributed by atoms with E-state index in [2.05, 4.69) is 0 Å². The molecule has 22 heavy (non-hydrogen) atoms. The number of phenolic OH excluding ortho intramolecular Hbond substituents is 2. The fraction of sp³-hybridized carbons (Fsp3) is 0.133. The Morgan fingerprint density at radius 2 is 1.86 bits per heavy atom. The lowest BCUT2D eigenvalue weighted by Gasteiger charge is -2.25. The molecule has 0 spiro atoms. The molecule has 0 bridgehead atoms. The normalized spacial score (nSPS) is 16.7. The van der Waals surface area contributed by atoms with Crippen LogP contribution in [0.5, 0.6) is 17.2 Å². The first-order chi connectivity index (χ1) is 10.5. The number of non-ortho nitro benzene ring substituents is 1. The largest absolute Gasteiger partial charge is 0.508 e. The molecule has 0 fully saturated rings. The van der Waals surface area contributed by atoms with E-state index in [9.17, 15) is 25.1 Å². The molecule has 0 amide bonds. The number of fused-ring (bicyclic) bond motifs is 1. The summed E-state index contributed by atoms with van der Waals surface area (Å²) in [4.78, 5) is 21.9. The van der Waals surface area contributed by atoms with E-state index < -0.39 is 16.8 Å². The van der Waals surface area contributed by atoms with Crippen molar-refractivity contribution in [1.82, 2.24) is 0 Å². The molecule has 7 nitrogen and oxygen atoms in total. The zero-order valence-corrected chi connectivity index (χ0v) is 11.2. The van der Waals surface area contributed by atoms with Crippen LogP contribution in [0, 0.1) is 10.1 Å². The van der Waals surface area contributed by atoms with Gasteiger partial charge in [-0.15, -0.1) is 0 Å². The molecule has 0 aromatic heterocycles. The van der Waals surface area contributed by atoms with Crippen LogP contribution in [0.2, 0.25) is 0 Å². The predicted molar refractivity (Wildman–Crippen MR) is 75.0 cm³/mol. The van der Waals surface area contributed by atoms with E-state index in [4.69, 9.17) is 4.74 Å². The maximum Gasteiger partial charge on any atom is 0.312 e. The Bertz CT molecular complexity index is 768. The highest BCUT2D eigenvalue weighted by molar-refractivity contribution is 5.79. The Kier molecular flexibility index (Phi) is 3.17. The van der Waals surface area contributed by atoms with E-state index in [0.717, 1.165) is 6.07 Å². The van der Waals surface area contributed by atoms with Crippen molar-refractivity contribution < 1.29 is 24.7 Å².